The third-order valence-corrected chi connectivity index (χ3v) is 6.32. The van der Waals surface area contributed by atoms with Gasteiger partial charge in [-0.25, -0.2) is 0 Å². The number of aliphatic imine (C=N–C) groups is 1. The van der Waals surface area contributed by atoms with E-state index in [1.54, 1.807) is 0 Å². The lowest BCUT2D eigenvalue weighted by Gasteiger charge is -2.36. The first-order chi connectivity index (χ1) is 16.4. The highest BCUT2D eigenvalue weighted by molar-refractivity contribution is 6.03. The molecule has 2 aromatic rings. The summed E-state index contributed by atoms with van der Waals surface area (Å²) in [6.07, 6.45) is 1.00. The van der Waals surface area contributed by atoms with E-state index in [0.717, 1.165) is 81.6 Å². The summed E-state index contributed by atoms with van der Waals surface area (Å²) in [5.41, 5.74) is 10.3. The first-order valence-electron chi connectivity index (χ1n) is 12.4. The minimum atomic E-state index is 0.548. The third kappa shape index (κ3) is 8.28. The highest BCUT2D eigenvalue weighted by atomic mass is 15.3. The molecule has 1 fully saturated rings. The van der Waals surface area contributed by atoms with Crippen LogP contribution in [-0.2, 0) is 0 Å². The quantitative estimate of drug-likeness (QED) is 0.232. The van der Waals surface area contributed by atoms with Crippen LogP contribution in [0.5, 0.6) is 0 Å². The molecule has 1 atom stereocenters. The van der Waals surface area contributed by atoms with E-state index in [9.17, 15) is 0 Å². The van der Waals surface area contributed by atoms with Crippen LogP contribution < -0.4 is 11.1 Å². The molecule has 1 heterocycles. The minimum absolute atomic E-state index is 0.548. The molecule has 0 aromatic heterocycles. The molecule has 184 valence electrons. The van der Waals surface area contributed by atoms with E-state index in [1.807, 2.05) is 24.3 Å². The van der Waals surface area contributed by atoms with Gasteiger partial charge in [-0.2, -0.15) is 0 Å². The second-order valence-corrected chi connectivity index (χ2v) is 9.59. The van der Waals surface area contributed by atoms with E-state index in [0.29, 0.717) is 5.92 Å². The topological polar surface area (TPSA) is 60.1 Å². The predicted molar refractivity (Wildman–Crippen MR) is 145 cm³/mol. The maximum Gasteiger partial charge on any atom is 0.134 e. The lowest BCUT2D eigenvalue weighted by molar-refractivity contribution is 0.135. The summed E-state index contributed by atoms with van der Waals surface area (Å²) in [6.45, 7) is 14.6. The Kier molecular flexibility index (Phi) is 10.1. The van der Waals surface area contributed by atoms with Crippen molar-refractivity contribution in [3.05, 3.63) is 78.0 Å². The van der Waals surface area contributed by atoms with E-state index >= 15 is 0 Å². The van der Waals surface area contributed by atoms with Gasteiger partial charge in [0, 0.05) is 62.8 Å². The molecular formula is C28H42N6. The minimum Gasteiger partial charge on any atom is -0.398 e. The van der Waals surface area contributed by atoms with Gasteiger partial charge in [0.05, 0.1) is 0 Å². The first-order valence-corrected chi connectivity index (χ1v) is 12.4. The SMILES string of the molecule is C=C(CN1CCN(CC(C)c2ccccc2)CC1)NC(=NCCCN(C)C)c1ccccc1N. The van der Waals surface area contributed by atoms with Crippen LogP contribution in [0.1, 0.15) is 30.4 Å². The zero-order valence-corrected chi connectivity index (χ0v) is 21.2. The van der Waals surface area contributed by atoms with Crippen LogP contribution in [0.25, 0.3) is 0 Å². The molecule has 0 amide bonds. The second kappa shape index (κ2) is 13.3. The van der Waals surface area contributed by atoms with Crippen molar-refractivity contribution in [1.82, 2.24) is 20.0 Å². The molecule has 0 radical (unpaired) electrons. The molecule has 6 nitrogen and oxygen atoms in total. The van der Waals surface area contributed by atoms with Crippen molar-refractivity contribution in [2.75, 3.05) is 72.2 Å². The van der Waals surface area contributed by atoms with Gasteiger partial charge in [-0.15, -0.1) is 0 Å². The Labute approximate surface area is 206 Å². The zero-order valence-electron chi connectivity index (χ0n) is 21.2. The van der Waals surface area contributed by atoms with E-state index in [1.165, 1.54) is 5.56 Å². The van der Waals surface area contributed by atoms with Crippen LogP contribution in [0, 0.1) is 0 Å². The van der Waals surface area contributed by atoms with Gasteiger partial charge in [-0.3, -0.25) is 9.89 Å². The Morgan fingerprint density at radius 3 is 2.35 bits per heavy atom. The molecule has 3 rings (SSSR count). The van der Waals surface area contributed by atoms with Gasteiger partial charge in [0.2, 0.25) is 0 Å². The number of nitrogens with one attached hydrogen (secondary N) is 1. The van der Waals surface area contributed by atoms with Crippen molar-refractivity contribution < 1.29 is 0 Å². The maximum absolute atomic E-state index is 6.26. The molecule has 3 N–H and O–H groups in total. The van der Waals surface area contributed by atoms with E-state index in [4.69, 9.17) is 10.7 Å². The highest BCUT2D eigenvalue weighted by Crippen LogP contribution is 2.17. The first kappa shape index (κ1) is 25.9. The lowest BCUT2D eigenvalue weighted by Crippen LogP contribution is -2.48. The molecule has 0 spiro atoms. The molecule has 2 aromatic carbocycles. The number of rotatable bonds is 11. The molecular weight excluding hydrogens is 420 g/mol. The second-order valence-electron chi connectivity index (χ2n) is 9.59. The largest absolute Gasteiger partial charge is 0.398 e. The molecule has 1 saturated heterocycles. The summed E-state index contributed by atoms with van der Waals surface area (Å²) >= 11 is 0. The Bertz CT molecular complexity index is 916. The van der Waals surface area contributed by atoms with Gasteiger partial charge in [0.25, 0.3) is 0 Å². The molecule has 6 heteroatoms. The number of piperazine rings is 1. The van der Waals surface area contributed by atoms with Crippen molar-refractivity contribution in [2.45, 2.75) is 19.3 Å². The van der Waals surface area contributed by atoms with Gasteiger partial charge in [0.1, 0.15) is 5.84 Å². The molecule has 0 bridgehead atoms. The summed E-state index contributed by atoms with van der Waals surface area (Å²) < 4.78 is 0. The van der Waals surface area contributed by atoms with Crippen molar-refractivity contribution in [2.24, 2.45) is 4.99 Å². The number of nitrogen functional groups attached to an aromatic ring is 1. The summed E-state index contributed by atoms with van der Waals surface area (Å²) in [7, 11) is 4.17. The van der Waals surface area contributed by atoms with Gasteiger partial charge < -0.3 is 20.9 Å². The van der Waals surface area contributed by atoms with Crippen molar-refractivity contribution in [1.29, 1.82) is 0 Å². The fourth-order valence-corrected chi connectivity index (χ4v) is 4.36. The number of amidine groups is 1. The van der Waals surface area contributed by atoms with Crippen LogP contribution in [0.3, 0.4) is 0 Å². The molecule has 1 aliphatic rings. The van der Waals surface area contributed by atoms with Crippen LogP contribution >= 0.6 is 0 Å². The monoisotopic (exact) mass is 462 g/mol. The number of nitrogens with zero attached hydrogens (tertiary/aromatic N) is 4. The van der Waals surface area contributed by atoms with Crippen molar-refractivity contribution >= 4 is 11.5 Å². The normalized spacial score (nSPS) is 16.5. The number of nitrogens with two attached hydrogens (primary N) is 1. The van der Waals surface area contributed by atoms with Crippen LogP contribution in [0.15, 0.2) is 71.9 Å². The van der Waals surface area contributed by atoms with Gasteiger partial charge >= 0.3 is 0 Å². The number of anilines is 1. The Hall–Kier alpha value is -2.67. The fourth-order valence-electron chi connectivity index (χ4n) is 4.36. The predicted octanol–water partition coefficient (Wildman–Crippen LogP) is 3.49. The van der Waals surface area contributed by atoms with Crippen LogP contribution in [0.2, 0.25) is 0 Å². The maximum atomic E-state index is 6.26. The van der Waals surface area contributed by atoms with E-state index in [-0.39, 0.29) is 0 Å². The Morgan fingerprint density at radius 1 is 1.03 bits per heavy atom. The van der Waals surface area contributed by atoms with Gasteiger partial charge in [0.15, 0.2) is 0 Å². The van der Waals surface area contributed by atoms with E-state index < -0.39 is 0 Å². The third-order valence-electron chi connectivity index (χ3n) is 6.32. The number of para-hydroxylation sites is 1. The average molecular weight is 463 g/mol. The number of hydrogen-bond acceptors (Lipinski definition) is 5. The molecule has 34 heavy (non-hydrogen) atoms. The summed E-state index contributed by atoms with van der Waals surface area (Å²) in [5, 5.41) is 3.48. The molecule has 1 unspecified atom stereocenters. The van der Waals surface area contributed by atoms with Crippen LogP contribution in [-0.4, -0.2) is 87.0 Å². The standard InChI is InChI=1S/C28H42N6/c1-23(25-11-6-5-7-12-25)21-33-17-19-34(20-18-33)22-24(2)31-28(30-15-10-16-32(3)4)26-13-8-9-14-27(26)29/h5-9,11-14,23H,2,10,15-22,29H2,1,3-4H3,(H,30,31). The van der Waals surface area contributed by atoms with Gasteiger partial charge in [-0.05, 0) is 50.7 Å². The summed E-state index contributed by atoms with van der Waals surface area (Å²) in [6, 6.07) is 18.7. The highest BCUT2D eigenvalue weighted by Gasteiger charge is 2.20. The Morgan fingerprint density at radius 2 is 1.68 bits per heavy atom. The van der Waals surface area contributed by atoms with Crippen molar-refractivity contribution in [3.8, 4) is 0 Å². The number of benzene rings is 2. The molecule has 0 saturated carbocycles. The summed E-state index contributed by atoms with van der Waals surface area (Å²) in [5.74, 6) is 1.36. The summed E-state index contributed by atoms with van der Waals surface area (Å²) in [4.78, 5) is 12.1. The van der Waals surface area contributed by atoms with Crippen molar-refractivity contribution in [3.63, 3.8) is 0 Å². The lowest BCUT2D eigenvalue weighted by atomic mass is 10.0. The fraction of sp³-hybridized carbons (Fsp3) is 0.464. The smallest absolute Gasteiger partial charge is 0.134 e. The molecule has 1 aliphatic heterocycles. The van der Waals surface area contributed by atoms with Gasteiger partial charge in [-0.1, -0.05) is 56.0 Å². The van der Waals surface area contributed by atoms with Crippen LogP contribution in [0.4, 0.5) is 5.69 Å². The zero-order chi connectivity index (χ0) is 24.3. The van der Waals surface area contributed by atoms with E-state index in [2.05, 4.69) is 77.9 Å². The number of hydrogen-bond donors (Lipinski definition) is 2. The molecule has 0 aliphatic carbocycles. The Balaban J connectivity index is 1.50. The average Bonchev–Trinajstić information content (AvgIpc) is 2.83.